The van der Waals surface area contributed by atoms with Crippen molar-refractivity contribution in [1.29, 1.82) is 0 Å². The number of nitrogens with one attached hydrogen (secondary N) is 1. The van der Waals surface area contributed by atoms with Crippen LogP contribution in [0.5, 0.6) is 0 Å². The summed E-state index contributed by atoms with van der Waals surface area (Å²) in [7, 11) is 0. The van der Waals surface area contributed by atoms with Gasteiger partial charge in [0.15, 0.2) is 11.5 Å². The molecular weight excluding hydrogens is 295 g/mol. The van der Waals surface area contributed by atoms with E-state index in [4.69, 9.17) is 4.84 Å². The maximum atomic E-state index is 5.21. The van der Waals surface area contributed by atoms with Crippen LogP contribution in [-0.2, 0) is 11.3 Å². The Hall–Kier alpha value is -0.890. The second-order valence-electron chi connectivity index (χ2n) is 3.09. The molecule has 3 heterocycles. The smallest absolute Gasteiger partial charge is 0.162 e. The molecule has 2 aromatic rings. The molecule has 0 atom stereocenters. The molecule has 1 aliphatic rings. The van der Waals surface area contributed by atoms with Gasteiger partial charge in [-0.15, -0.1) is 0 Å². The largest absolute Gasteiger partial charge is 0.274 e. The first-order valence-electron chi connectivity index (χ1n) is 4.25. The van der Waals surface area contributed by atoms with Crippen molar-refractivity contribution in [2.24, 2.45) is 0 Å². The zero-order valence-electron chi connectivity index (χ0n) is 7.20. The summed E-state index contributed by atoms with van der Waals surface area (Å²) in [6, 6.07) is 0. The molecule has 3 rings (SSSR count). The van der Waals surface area contributed by atoms with Crippen LogP contribution in [0.15, 0.2) is 12.5 Å². The number of aromatic nitrogens is 3. The molecule has 14 heavy (non-hydrogen) atoms. The highest BCUT2D eigenvalue weighted by Gasteiger charge is 2.16. The Morgan fingerprint density at radius 3 is 3.36 bits per heavy atom. The van der Waals surface area contributed by atoms with Crippen LogP contribution in [0.2, 0.25) is 0 Å². The Morgan fingerprint density at radius 2 is 2.43 bits per heavy atom. The summed E-state index contributed by atoms with van der Waals surface area (Å²) in [4.78, 5) is 13.6. The van der Waals surface area contributed by atoms with Crippen molar-refractivity contribution in [2.75, 3.05) is 12.1 Å². The van der Waals surface area contributed by atoms with Crippen LogP contribution in [-0.4, -0.2) is 19.4 Å². The van der Waals surface area contributed by atoms with E-state index in [2.05, 4.69) is 44.5 Å². The number of anilines is 1. The molecule has 5 nitrogen and oxygen atoms in total. The fourth-order valence-electron chi connectivity index (χ4n) is 1.64. The highest BCUT2D eigenvalue weighted by molar-refractivity contribution is 14.1. The minimum Gasteiger partial charge on any atom is -0.274 e. The van der Waals surface area contributed by atoms with Crippen molar-refractivity contribution >= 4 is 39.7 Å². The van der Waals surface area contributed by atoms with Gasteiger partial charge < -0.3 is 0 Å². The van der Waals surface area contributed by atoms with E-state index in [1.54, 1.807) is 0 Å². The average Bonchev–Trinajstić information content (AvgIpc) is 2.41. The van der Waals surface area contributed by atoms with Gasteiger partial charge in [0.25, 0.3) is 0 Å². The predicted molar refractivity (Wildman–Crippen MR) is 60.2 cm³/mol. The topological polar surface area (TPSA) is 52.0 Å². The zero-order valence-corrected chi connectivity index (χ0v) is 9.35. The zero-order chi connectivity index (χ0) is 9.54. The third-order valence-corrected chi connectivity index (χ3v) is 3.00. The molecule has 0 bridgehead atoms. The van der Waals surface area contributed by atoms with Gasteiger partial charge in [-0.05, 0) is 5.56 Å². The molecule has 6 heteroatoms. The van der Waals surface area contributed by atoms with Gasteiger partial charge in [0.2, 0.25) is 0 Å². The highest BCUT2D eigenvalue weighted by Crippen LogP contribution is 2.28. The van der Waals surface area contributed by atoms with Crippen molar-refractivity contribution in [1.82, 2.24) is 12.7 Å². The van der Waals surface area contributed by atoms with Gasteiger partial charge in [0, 0.05) is 12.6 Å². The lowest BCUT2D eigenvalue weighted by molar-refractivity contribution is 0.199. The molecule has 1 N–H and O–H groups in total. The number of rotatable bonds is 0. The van der Waals surface area contributed by atoms with Gasteiger partial charge in [-0.1, -0.05) is 0 Å². The maximum Gasteiger partial charge on any atom is 0.162 e. The van der Waals surface area contributed by atoms with Gasteiger partial charge in [0.1, 0.15) is 6.33 Å². The lowest BCUT2D eigenvalue weighted by atomic mass is 10.2. The molecule has 0 fully saturated rings. The third kappa shape index (κ3) is 1.10. The second kappa shape index (κ2) is 3.06. The van der Waals surface area contributed by atoms with Gasteiger partial charge >= 0.3 is 0 Å². The lowest BCUT2D eigenvalue weighted by Crippen LogP contribution is -2.03. The van der Waals surface area contributed by atoms with Gasteiger partial charge in [-0.3, -0.25) is 7.62 Å². The molecule has 0 aliphatic carbocycles. The van der Waals surface area contributed by atoms with E-state index >= 15 is 0 Å². The van der Waals surface area contributed by atoms with E-state index < -0.39 is 0 Å². The van der Waals surface area contributed by atoms with Crippen LogP contribution < -0.4 is 5.48 Å². The van der Waals surface area contributed by atoms with Crippen molar-refractivity contribution in [3.05, 3.63) is 18.1 Å². The molecule has 0 amide bonds. The first-order chi connectivity index (χ1) is 6.86. The van der Waals surface area contributed by atoms with Crippen molar-refractivity contribution in [3.8, 4) is 0 Å². The van der Waals surface area contributed by atoms with E-state index in [9.17, 15) is 0 Å². The standard InChI is InChI=1S/C8H7IN4O/c9-13-3-5-1-2-14-12-7-6(5)8(13)11-4-10-7/h3-4H,1-2H2,(H,10,11,12). The molecule has 0 aromatic carbocycles. The lowest BCUT2D eigenvalue weighted by Gasteiger charge is -2.02. The fourth-order valence-corrected chi connectivity index (χ4v) is 2.35. The summed E-state index contributed by atoms with van der Waals surface area (Å²) in [5.41, 5.74) is 5.00. The summed E-state index contributed by atoms with van der Waals surface area (Å²) < 4.78 is 1.99. The minimum atomic E-state index is 0.659. The van der Waals surface area contributed by atoms with Crippen molar-refractivity contribution < 1.29 is 4.84 Å². The molecule has 0 unspecified atom stereocenters. The van der Waals surface area contributed by atoms with E-state index in [0.29, 0.717) is 6.61 Å². The Labute approximate surface area is 93.9 Å². The summed E-state index contributed by atoms with van der Waals surface area (Å²) in [5, 5.41) is 1.07. The van der Waals surface area contributed by atoms with Crippen LogP contribution in [0.1, 0.15) is 5.56 Å². The van der Waals surface area contributed by atoms with Crippen molar-refractivity contribution in [3.63, 3.8) is 0 Å². The Balaban J connectivity index is 2.42. The van der Waals surface area contributed by atoms with E-state index in [1.165, 1.54) is 11.9 Å². The minimum absolute atomic E-state index is 0.659. The average molecular weight is 302 g/mol. The molecule has 0 saturated heterocycles. The van der Waals surface area contributed by atoms with Crippen molar-refractivity contribution in [2.45, 2.75) is 6.42 Å². The predicted octanol–water partition coefficient (Wildman–Crippen LogP) is 1.53. The van der Waals surface area contributed by atoms with Gasteiger partial charge in [-0.2, -0.15) is 0 Å². The van der Waals surface area contributed by atoms with Crippen LogP contribution in [0, 0.1) is 0 Å². The van der Waals surface area contributed by atoms with Crippen LogP contribution in [0.4, 0.5) is 5.82 Å². The number of hydrogen-bond acceptors (Lipinski definition) is 4. The van der Waals surface area contributed by atoms with Gasteiger partial charge in [0.05, 0.1) is 34.9 Å². The summed E-state index contributed by atoms with van der Waals surface area (Å²) in [6.45, 7) is 0.659. The first kappa shape index (κ1) is 8.42. The summed E-state index contributed by atoms with van der Waals surface area (Å²) in [5.74, 6) is 0.762. The quantitative estimate of drug-likeness (QED) is 0.750. The number of nitrogens with zero attached hydrogens (tertiary/aromatic N) is 3. The molecule has 0 saturated carbocycles. The Kier molecular flexibility index (Phi) is 1.84. The summed E-state index contributed by atoms with van der Waals surface area (Å²) >= 11 is 2.22. The van der Waals surface area contributed by atoms with Crippen LogP contribution in [0.3, 0.4) is 0 Å². The highest BCUT2D eigenvalue weighted by atomic mass is 127. The molecular formula is C8H7IN4O. The molecule has 0 radical (unpaired) electrons. The van der Waals surface area contributed by atoms with Crippen LogP contribution in [0.25, 0.3) is 11.0 Å². The molecule has 2 aromatic heterocycles. The molecule has 1 aliphatic heterocycles. The fraction of sp³-hybridized carbons (Fsp3) is 0.250. The molecule has 0 spiro atoms. The van der Waals surface area contributed by atoms with Crippen LogP contribution >= 0.6 is 22.9 Å². The number of hydrogen-bond donors (Lipinski definition) is 1. The normalized spacial score (nSPS) is 15.2. The SMILES string of the molecule is In1cc2c3c(ncnc31)NOCC2. The maximum absolute atomic E-state index is 5.21. The molecule has 72 valence electrons. The summed E-state index contributed by atoms with van der Waals surface area (Å²) in [6.07, 6.45) is 4.50. The Bertz CT molecular complexity index is 495. The second-order valence-corrected chi connectivity index (χ2v) is 4.13. The Morgan fingerprint density at radius 1 is 1.50 bits per heavy atom. The number of halogens is 1. The van der Waals surface area contributed by atoms with E-state index in [0.717, 1.165) is 23.3 Å². The van der Waals surface area contributed by atoms with Gasteiger partial charge in [-0.25, -0.2) is 15.4 Å². The van der Waals surface area contributed by atoms with E-state index in [-0.39, 0.29) is 0 Å². The first-order valence-corrected chi connectivity index (χ1v) is 5.21. The third-order valence-electron chi connectivity index (χ3n) is 2.26. The van der Waals surface area contributed by atoms with E-state index in [1.807, 2.05) is 2.78 Å². The monoisotopic (exact) mass is 302 g/mol.